The summed E-state index contributed by atoms with van der Waals surface area (Å²) in [4.78, 5) is 4.73. The fraction of sp³-hybridized carbons (Fsp3) is 0.0714. The Labute approximate surface area is 109 Å². The molecule has 0 unspecified atom stereocenters. The summed E-state index contributed by atoms with van der Waals surface area (Å²) >= 11 is 0.331. The molecular formula is C14H10N2OSe. The van der Waals surface area contributed by atoms with Crippen LogP contribution in [0.1, 0.15) is 0 Å². The number of benzene rings is 1. The van der Waals surface area contributed by atoms with E-state index in [-0.39, 0.29) is 0 Å². The van der Waals surface area contributed by atoms with Gasteiger partial charge in [-0.25, -0.2) is 0 Å². The molecule has 0 bridgehead atoms. The van der Waals surface area contributed by atoms with Gasteiger partial charge in [0.2, 0.25) is 0 Å². The Morgan fingerprint density at radius 2 is 2.06 bits per heavy atom. The second-order valence-electron chi connectivity index (χ2n) is 4.16. The minimum atomic E-state index is 0.331. The maximum atomic E-state index is 5.29. The number of ether oxygens (including phenoxy) is 1. The first-order chi connectivity index (χ1) is 8.86. The zero-order valence-electron chi connectivity index (χ0n) is 9.75. The third kappa shape index (κ3) is 1.27. The molecule has 0 N–H and O–H groups in total. The van der Waals surface area contributed by atoms with Crippen LogP contribution < -0.4 is 4.74 Å². The van der Waals surface area contributed by atoms with Crippen molar-refractivity contribution in [2.24, 2.45) is 0 Å². The molecule has 3 heterocycles. The van der Waals surface area contributed by atoms with E-state index < -0.39 is 0 Å². The van der Waals surface area contributed by atoms with Crippen molar-refractivity contribution in [3.05, 3.63) is 42.6 Å². The molecule has 3 nitrogen and oxygen atoms in total. The van der Waals surface area contributed by atoms with Gasteiger partial charge in [-0.3, -0.25) is 0 Å². The first-order valence-electron chi connectivity index (χ1n) is 5.70. The second kappa shape index (κ2) is 3.61. The van der Waals surface area contributed by atoms with Gasteiger partial charge in [0, 0.05) is 0 Å². The number of aromatic nitrogens is 2. The number of fused-ring (bicyclic) bond motifs is 5. The SMILES string of the molecule is COc1ccc2nc3c4ccccc4[se]c3n2c1. The Balaban J connectivity index is 2.21. The normalized spacial score (nSPS) is 11.6. The molecule has 88 valence electrons. The van der Waals surface area contributed by atoms with Gasteiger partial charge < -0.3 is 0 Å². The number of hydrogen-bond acceptors (Lipinski definition) is 2. The molecule has 0 saturated heterocycles. The van der Waals surface area contributed by atoms with E-state index in [2.05, 4.69) is 28.7 Å². The Hall–Kier alpha value is -1.77. The third-order valence-corrected chi connectivity index (χ3v) is 5.56. The van der Waals surface area contributed by atoms with E-state index >= 15 is 0 Å². The summed E-state index contributed by atoms with van der Waals surface area (Å²) in [5.41, 5.74) is 2.14. The van der Waals surface area contributed by atoms with Crippen LogP contribution in [0.3, 0.4) is 0 Å². The van der Waals surface area contributed by atoms with Crippen molar-refractivity contribution in [2.75, 3.05) is 7.11 Å². The van der Waals surface area contributed by atoms with Crippen LogP contribution in [0.2, 0.25) is 0 Å². The average molecular weight is 301 g/mol. The van der Waals surface area contributed by atoms with E-state index in [0.717, 1.165) is 16.9 Å². The second-order valence-corrected chi connectivity index (χ2v) is 6.32. The van der Waals surface area contributed by atoms with Crippen LogP contribution in [0, 0.1) is 0 Å². The van der Waals surface area contributed by atoms with Crippen molar-refractivity contribution in [3.63, 3.8) is 0 Å². The number of rotatable bonds is 1. The van der Waals surface area contributed by atoms with Gasteiger partial charge in [0.05, 0.1) is 0 Å². The first kappa shape index (κ1) is 10.2. The predicted molar refractivity (Wildman–Crippen MR) is 73.7 cm³/mol. The summed E-state index contributed by atoms with van der Waals surface area (Å²) in [5.74, 6) is 0.870. The fourth-order valence-corrected chi connectivity index (χ4v) is 4.62. The van der Waals surface area contributed by atoms with Gasteiger partial charge in [-0.05, 0) is 0 Å². The van der Waals surface area contributed by atoms with Crippen LogP contribution in [0.15, 0.2) is 42.6 Å². The van der Waals surface area contributed by atoms with E-state index in [1.807, 2.05) is 18.3 Å². The Morgan fingerprint density at radius 1 is 1.17 bits per heavy atom. The minimum absolute atomic E-state index is 0.331. The van der Waals surface area contributed by atoms with Crippen LogP contribution in [0.5, 0.6) is 5.75 Å². The molecule has 0 aliphatic carbocycles. The van der Waals surface area contributed by atoms with E-state index in [9.17, 15) is 0 Å². The molecule has 3 aromatic heterocycles. The van der Waals surface area contributed by atoms with Crippen LogP contribution in [0.4, 0.5) is 0 Å². The first-order valence-corrected chi connectivity index (χ1v) is 7.41. The van der Waals surface area contributed by atoms with E-state index in [0.29, 0.717) is 14.5 Å². The third-order valence-electron chi connectivity index (χ3n) is 3.13. The molecule has 0 aliphatic heterocycles. The molecule has 18 heavy (non-hydrogen) atoms. The van der Waals surface area contributed by atoms with Gasteiger partial charge in [-0.2, -0.15) is 0 Å². The average Bonchev–Trinajstić information content (AvgIpc) is 2.94. The number of nitrogens with zero attached hydrogens (tertiary/aromatic N) is 2. The molecule has 1 aromatic carbocycles. The summed E-state index contributed by atoms with van der Waals surface area (Å²) in [5, 5.41) is 1.29. The summed E-state index contributed by atoms with van der Waals surface area (Å²) < 4.78 is 10.2. The van der Waals surface area contributed by atoms with Crippen LogP contribution in [-0.2, 0) is 0 Å². The monoisotopic (exact) mass is 302 g/mol. The van der Waals surface area contributed by atoms with Crippen molar-refractivity contribution >= 4 is 39.7 Å². The molecule has 0 saturated carbocycles. The van der Waals surface area contributed by atoms with Crippen molar-refractivity contribution in [1.82, 2.24) is 9.38 Å². The number of hydrogen-bond donors (Lipinski definition) is 0. The topological polar surface area (TPSA) is 26.5 Å². The molecule has 0 amide bonds. The Kier molecular flexibility index (Phi) is 2.04. The number of methoxy groups -OCH3 is 1. The van der Waals surface area contributed by atoms with Crippen LogP contribution in [-0.4, -0.2) is 31.0 Å². The molecule has 0 atom stereocenters. The van der Waals surface area contributed by atoms with Crippen LogP contribution >= 0.6 is 0 Å². The predicted octanol–water partition coefficient (Wildman–Crippen LogP) is 2.71. The molecule has 4 rings (SSSR count). The number of imidazole rings is 1. The molecule has 4 aromatic rings. The summed E-state index contributed by atoms with van der Waals surface area (Å²) in [6.07, 6.45) is 2.02. The van der Waals surface area contributed by atoms with Crippen molar-refractivity contribution in [3.8, 4) is 5.75 Å². The van der Waals surface area contributed by atoms with Gasteiger partial charge in [0.15, 0.2) is 0 Å². The Bertz CT molecular complexity index is 875. The number of pyridine rings is 1. The molecule has 0 fully saturated rings. The Morgan fingerprint density at radius 3 is 2.94 bits per heavy atom. The van der Waals surface area contributed by atoms with E-state index in [1.54, 1.807) is 7.11 Å². The van der Waals surface area contributed by atoms with Gasteiger partial charge in [0.25, 0.3) is 0 Å². The van der Waals surface area contributed by atoms with Crippen LogP contribution in [0.25, 0.3) is 25.2 Å². The summed E-state index contributed by atoms with van der Waals surface area (Å²) in [6.45, 7) is 0. The summed E-state index contributed by atoms with van der Waals surface area (Å²) in [7, 11) is 1.69. The summed E-state index contributed by atoms with van der Waals surface area (Å²) in [6, 6.07) is 12.5. The van der Waals surface area contributed by atoms with Gasteiger partial charge in [-0.1, -0.05) is 0 Å². The van der Waals surface area contributed by atoms with Gasteiger partial charge in [0.1, 0.15) is 0 Å². The zero-order valence-corrected chi connectivity index (χ0v) is 11.5. The molecule has 0 radical (unpaired) electrons. The molecular weight excluding hydrogens is 291 g/mol. The molecule has 4 heteroatoms. The maximum absolute atomic E-state index is 5.29. The van der Waals surface area contributed by atoms with E-state index in [4.69, 9.17) is 9.72 Å². The van der Waals surface area contributed by atoms with Crippen molar-refractivity contribution in [2.45, 2.75) is 0 Å². The molecule has 0 aliphatic rings. The van der Waals surface area contributed by atoms with Gasteiger partial charge >= 0.3 is 109 Å². The fourth-order valence-electron chi connectivity index (χ4n) is 2.25. The van der Waals surface area contributed by atoms with Gasteiger partial charge in [-0.15, -0.1) is 0 Å². The quantitative estimate of drug-likeness (QED) is 0.505. The van der Waals surface area contributed by atoms with E-state index in [1.165, 1.54) is 14.0 Å². The van der Waals surface area contributed by atoms with Crippen molar-refractivity contribution < 1.29 is 4.74 Å². The standard InChI is InChI=1S/C14H10N2OSe/c1-17-9-6-7-12-15-13-10-4-2-3-5-11(10)18-14(13)16(12)8-9/h2-8H,1H3. The zero-order chi connectivity index (χ0) is 12.1. The molecule has 0 spiro atoms. The van der Waals surface area contributed by atoms with Crippen molar-refractivity contribution in [1.29, 1.82) is 0 Å².